The highest BCUT2D eigenvalue weighted by molar-refractivity contribution is 14.0. The highest BCUT2D eigenvalue weighted by atomic mass is 127. The molecule has 0 bridgehead atoms. The Kier molecular flexibility index (Phi) is 7.49. The van der Waals surface area contributed by atoms with Crippen LogP contribution in [0.25, 0.3) is 0 Å². The summed E-state index contributed by atoms with van der Waals surface area (Å²) in [5, 5.41) is 16.5. The van der Waals surface area contributed by atoms with Gasteiger partial charge in [-0.15, -0.1) is 24.0 Å². The Morgan fingerprint density at radius 1 is 1.20 bits per heavy atom. The van der Waals surface area contributed by atoms with Crippen LogP contribution in [0.2, 0.25) is 0 Å². The van der Waals surface area contributed by atoms with E-state index in [0.717, 1.165) is 57.6 Å². The Morgan fingerprint density at radius 3 is 2.40 bits per heavy atom. The zero-order valence-electron chi connectivity index (χ0n) is 14.8. The first-order valence-electron chi connectivity index (χ1n) is 9.10. The Bertz CT molecular complexity index is 567. The molecule has 0 heterocycles. The van der Waals surface area contributed by atoms with Crippen LogP contribution in [0, 0.1) is 5.82 Å². The lowest BCUT2D eigenvalue weighted by Crippen LogP contribution is -2.45. The highest BCUT2D eigenvalue weighted by Crippen LogP contribution is 2.48. The van der Waals surface area contributed by atoms with Crippen molar-refractivity contribution in [3.63, 3.8) is 0 Å². The summed E-state index contributed by atoms with van der Waals surface area (Å²) in [4.78, 5) is 4.80. The van der Waals surface area contributed by atoms with Gasteiger partial charge in [-0.25, -0.2) is 4.39 Å². The molecule has 0 radical (unpaired) electrons. The normalized spacial score (nSPS) is 25.0. The van der Waals surface area contributed by atoms with Crippen molar-refractivity contribution < 1.29 is 9.50 Å². The largest absolute Gasteiger partial charge is 0.393 e. The smallest absolute Gasteiger partial charge is 0.191 e. The number of benzene rings is 1. The average Bonchev–Trinajstić information content (AvgIpc) is 3.37. The lowest BCUT2D eigenvalue weighted by molar-refractivity contribution is 0.120. The average molecular weight is 461 g/mol. The second-order valence-corrected chi connectivity index (χ2v) is 7.13. The third-order valence-electron chi connectivity index (χ3n) is 5.23. The molecule has 0 aromatic heterocycles. The molecule has 2 fully saturated rings. The van der Waals surface area contributed by atoms with Crippen molar-refractivity contribution >= 4 is 29.9 Å². The Balaban J connectivity index is 0.00000225. The van der Waals surface area contributed by atoms with Crippen molar-refractivity contribution in [1.82, 2.24) is 10.6 Å². The van der Waals surface area contributed by atoms with Gasteiger partial charge in [-0.2, -0.15) is 0 Å². The van der Waals surface area contributed by atoms with Crippen molar-refractivity contribution in [2.24, 2.45) is 4.99 Å². The van der Waals surface area contributed by atoms with E-state index in [4.69, 9.17) is 4.99 Å². The van der Waals surface area contributed by atoms with Gasteiger partial charge in [-0.3, -0.25) is 4.99 Å². The fourth-order valence-electron chi connectivity index (χ4n) is 3.46. The number of guanidine groups is 1. The molecule has 1 aromatic rings. The minimum Gasteiger partial charge on any atom is -0.393 e. The molecule has 0 atom stereocenters. The molecular weight excluding hydrogens is 432 g/mol. The predicted octanol–water partition coefficient (Wildman–Crippen LogP) is 3.33. The molecule has 0 amide bonds. The number of aliphatic hydroxyl groups excluding tert-OH is 1. The molecule has 140 valence electrons. The van der Waals surface area contributed by atoms with E-state index in [1.54, 1.807) is 0 Å². The Hall–Kier alpha value is -0.890. The molecule has 0 unspecified atom stereocenters. The van der Waals surface area contributed by atoms with Crippen molar-refractivity contribution in [3.8, 4) is 0 Å². The molecule has 6 heteroatoms. The third-order valence-corrected chi connectivity index (χ3v) is 5.23. The van der Waals surface area contributed by atoms with Crippen molar-refractivity contribution in [3.05, 3.63) is 35.6 Å². The van der Waals surface area contributed by atoms with Crippen molar-refractivity contribution in [2.45, 2.75) is 63.0 Å². The van der Waals surface area contributed by atoms with Crippen LogP contribution in [0.5, 0.6) is 0 Å². The summed E-state index contributed by atoms with van der Waals surface area (Å²) < 4.78 is 13.1. The van der Waals surface area contributed by atoms with Crippen LogP contribution in [0.1, 0.15) is 51.0 Å². The minimum absolute atomic E-state index is 0. The summed E-state index contributed by atoms with van der Waals surface area (Å²) in [6.45, 7) is 3.61. The van der Waals surface area contributed by atoms with Gasteiger partial charge in [0.05, 0.1) is 12.6 Å². The summed E-state index contributed by atoms with van der Waals surface area (Å²) >= 11 is 0. The van der Waals surface area contributed by atoms with Crippen LogP contribution in [0.4, 0.5) is 4.39 Å². The summed E-state index contributed by atoms with van der Waals surface area (Å²) in [5.41, 5.74) is 1.27. The zero-order chi connectivity index (χ0) is 17.0. The van der Waals surface area contributed by atoms with Gasteiger partial charge >= 0.3 is 0 Å². The second-order valence-electron chi connectivity index (χ2n) is 7.13. The van der Waals surface area contributed by atoms with Crippen LogP contribution in [0.3, 0.4) is 0 Å². The van der Waals surface area contributed by atoms with Crippen LogP contribution in [-0.4, -0.2) is 36.3 Å². The fraction of sp³-hybridized carbons (Fsp3) is 0.632. The van der Waals surface area contributed by atoms with E-state index >= 15 is 0 Å². The van der Waals surface area contributed by atoms with E-state index in [1.807, 2.05) is 12.1 Å². The van der Waals surface area contributed by atoms with Crippen LogP contribution < -0.4 is 10.6 Å². The van der Waals surface area contributed by atoms with E-state index in [9.17, 15) is 9.50 Å². The van der Waals surface area contributed by atoms with Gasteiger partial charge in [-0.1, -0.05) is 12.1 Å². The molecule has 2 aliphatic carbocycles. The van der Waals surface area contributed by atoms with E-state index in [1.165, 1.54) is 17.7 Å². The molecule has 0 spiro atoms. The van der Waals surface area contributed by atoms with Crippen molar-refractivity contribution in [1.29, 1.82) is 0 Å². The predicted molar refractivity (Wildman–Crippen MR) is 110 cm³/mol. The second kappa shape index (κ2) is 9.16. The van der Waals surface area contributed by atoms with Gasteiger partial charge in [0.15, 0.2) is 5.96 Å². The molecular formula is C19H29FIN3O. The number of aliphatic hydroxyl groups is 1. The SMILES string of the molecule is CCNC(=NCC1(c2ccc(F)cc2)CC1)NC1CCC(O)CC1.I. The number of halogens is 2. The first-order chi connectivity index (χ1) is 11.6. The lowest BCUT2D eigenvalue weighted by Gasteiger charge is -2.28. The monoisotopic (exact) mass is 461 g/mol. The number of nitrogens with zero attached hydrogens (tertiary/aromatic N) is 1. The number of hydrogen-bond donors (Lipinski definition) is 3. The molecule has 25 heavy (non-hydrogen) atoms. The summed E-state index contributed by atoms with van der Waals surface area (Å²) in [7, 11) is 0. The van der Waals surface area contributed by atoms with Gasteiger partial charge in [0.1, 0.15) is 5.82 Å². The maximum atomic E-state index is 13.1. The van der Waals surface area contributed by atoms with Gasteiger partial charge in [-0.05, 0) is 63.1 Å². The molecule has 3 N–H and O–H groups in total. The van der Waals surface area contributed by atoms with Crippen LogP contribution in [-0.2, 0) is 5.41 Å². The molecule has 3 rings (SSSR count). The van der Waals surface area contributed by atoms with E-state index in [2.05, 4.69) is 17.6 Å². The maximum Gasteiger partial charge on any atom is 0.191 e. The zero-order valence-corrected chi connectivity index (χ0v) is 17.1. The van der Waals surface area contributed by atoms with Crippen molar-refractivity contribution in [2.75, 3.05) is 13.1 Å². The van der Waals surface area contributed by atoms with Gasteiger partial charge in [0.2, 0.25) is 0 Å². The standard InChI is InChI=1S/C19H28FN3O.HI/c1-2-21-18(23-16-7-9-17(24)10-8-16)22-13-19(11-12-19)14-3-5-15(20)6-4-14;/h3-6,16-17,24H,2,7-13H2,1H3,(H2,21,22,23);1H. The first kappa shape index (κ1) is 20.4. The quantitative estimate of drug-likeness (QED) is 0.358. The van der Waals surface area contributed by atoms with E-state index in [-0.39, 0.29) is 41.3 Å². The maximum absolute atomic E-state index is 13.1. The fourth-order valence-corrected chi connectivity index (χ4v) is 3.46. The number of nitrogens with one attached hydrogen (secondary N) is 2. The molecule has 2 saturated carbocycles. The number of rotatable bonds is 5. The molecule has 1 aromatic carbocycles. The van der Waals surface area contributed by atoms with E-state index in [0.29, 0.717) is 6.04 Å². The molecule has 0 saturated heterocycles. The van der Waals surface area contributed by atoms with Gasteiger partial charge in [0, 0.05) is 18.0 Å². The van der Waals surface area contributed by atoms with Gasteiger partial charge in [0.25, 0.3) is 0 Å². The topological polar surface area (TPSA) is 56.7 Å². The molecule has 0 aliphatic heterocycles. The van der Waals surface area contributed by atoms with Crippen LogP contribution >= 0.6 is 24.0 Å². The Labute approximate surface area is 166 Å². The first-order valence-corrected chi connectivity index (χ1v) is 9.10. The summed E-state index contributed by atoms with van der Waals surface area (Å²) in [5.74, 6) is 0.666. The van der Waals surface area contributed by atoms with Crippen LogP contribution in [0.15, 0.2) is 29.3 Å². The van der Waals surface area contributed by atoms with E-state index < -0.39 is 0 Å². The lowest BCUT2D eigenvalue weighted by atomic mass is 9.93. The third kappa shape index (κ3) is 5.54. The minimum atomic E-state index is -0.187. The number of aliphatic imine (C=N–C) groups is 1. The summed E-state index contributed by atoms with van der Waals surface area (Å²) in [6.07, 6.45) is 5.75. The number of hydrogen-bond acceptors (Lipinski definition) is 2. The Morgan fingerprint density at radius 2 is 1.84 bits per heavy atom. The van der Waals surface area contributed by atoms with Gasteiger partial charge < -0.3 is 15.7 Å². The molecule has 2 aliphatic rings. The molecule has 4 nitrogen and oxygen atoms in total. The highest BCUT2D eigenvalue weighted by Gasteiger charge is 2.44. The summed E-state index contributed by atoms with van der Waals surface area (Å²) in [6, 6.07) is 7.24.